The molecule has 0 saturated heterocycles. The lowest BCUT2D eigenvalue weighted by atomic mass is 10.2. The molecule has 19 heavy (non-hydrogen) atoms. The van der Waals surface area contributed by atoms with Crippen LogP contribution in [0.5, 0.6) is 0 Å². The number of hydrogen-bond acceptors (Lipinski definition) is 3. The van der Waals surface area contributed by atoms with Crippen LogP contribution in [0.3, 0.4) is 0 Å². The summed E-state index contributed by atoms with van der Waals surface area (Å²) in [6, 6.07) is 12.2. The van der Waals surface area contributed by atoms with E-state index in [1.54, 1.807) is 6.07 Å². The standard InChI is InChI=1S/C14H11FN2OS/c15-10-5-9(8-18)6-11(7-10)19-14-16-12-3-1-2-4-13(12)17-14/h1-7,18H,8H2,(H,16,17). The molecule has 3 rings (SSSR count). The van der Waals surface area contributed by atoms with Crippen LogP contribution in [0.15, 0.2) is 52.5 Å². The molecule has 0 aliphatic carbocycles. The van der Waals surface area contributed by atoms with Gasteiger partial charge in [-0.25, -0.2) is 9.37 Å². The minimum Gasteiger partial charge on any atom is -0.392 e. The van der Waals surface area contributed by atoms with Gasteiger partial charge in [-0.1, -0.05) is 23.9 Å². The van der Waals surface area contributed by atoms with Crippen LogP contribution in [0.2, 0.25) is 0 Å². The average Bonchev–Trinajstić information content (AvgIpc) is 2.80. The molecule has 0 atom stereocenters. The summed E-state index contributed by atoms with van der Waals surface area (Å²) in [6.45, 7) is -0.175. The quantitative estimate of drug-likeness (QED) is 0.770. The summed E-state index contributed by atoms with van der Waals surface area (Å²) in [5, 5.41) is 9.77. The van der Waals surface area contributed by atoms with Gasteiger partial charge in [0, 0.05) is 4.90 Å². The van der Waals surface area contributed by atoms with E-state index in [2.05, 4.69) is 9.97 Å². The number of aliphatic hydroxyl groups excluding tert-OH is 1. The van der Waals surface area contributed by atoms with Crippen molar-refractivity contribution in [1.29, 1.82) is 0 Å². The average molecular weight is 274 g/mol. The third-order valence-electron chi connectivity index (χ3n) is 2.70. The molecule has 0 spiro atoms. The molecule has 1 heterocycles. The van der Waals surface area contributed by atoms with Gasteiger partial charge in [-0.15, -0.1) is 0 Å². The van der Waals surface area contributed by atoms with Crippen LogP contribution >= 0.6 is 11.8 Å². The van der Waals surface area contributed by atoms with Gasteiger partial charge in [-0.2, -0.15) is 0 Å². The highest BCUT2D eigenvalue weighted by atomic mass is 32.2. The number of para-hydroxylation sites is 2. The van der Waals surface area contributed by atoms with E-state index in [1.807, 2.05) is 24.3 Å². The number of rotatable bonds is 3. The molecular weight excluding hydrogens is 263 g/mol. The topological polar surface area (TPSA) is 48.9 Å². The normalized spacial score (nSPS) is 11.1. The smallest absolute Gasteiger partial charge is 0.171 e. The molecular formula is C14H11FN2OS. The zero-order valence-electron chi connectivity index (χ0n) is 9.93. The van der Waals surface area contributed by atoms with E-state index in [4.69, 9.17) is 5.11 Å². The number of fused-ring (bicyclic) bond motifs is 1. The van der Waals surface area contributed by atoms with Crippen LogP contribution in [-0.4, -0.2) is 15.1 Å². The van der Waals surface area contributed by atoms with E-state index in [0.717, 1.165) is 11.0 Å². The molecule has 2 N–H and O–H groups in total. The second-order valence-corrected chi connectivity index (χ2v) is 5.18. The molecule has 0 aliphatic heterocycles. The number of imidazole rings is 1. The third-order valence-corrected chi connectivity index (χ3v) is 3.55. The summed E-state index contributed by atoms with van der Waals surface area (Å²) in [5.74, 6) is -0.356. The van der Waals surface area contributed by atoms with Crippen LogP contribution in [0.1, 0.15) is 5.56 Å². The Morgan fingerprint density at radius 3 is 2.84 bits per heavy atom. The summed E-state index contributed by atoms with van der Waals surface area (Å²) in [7, 11) is 0. The van der Waals surface area contributed by atoms with Crippen molar-refractivity contribution in [2.75, 3.05) is 0 Å². The number of aliphatic hydroxyl groups is 1. The van der Waals surface area contributed by atoms with Gasteiger partial charge in [0.05, 0.1) is 17.6 Å². The Morgan fingerprint density at radius 2 is 2.05 bits per heavy atom. The van der Waals surface area contributed by atoms with Crippen molar-refractivity contribution >= 4 is 22.8 Å². The molecule has 96 valence electrons. The van der Waals surface area contributed by atoms with Crippen molar-refractivity contribution in [1.82, 2.24) is 9.97 Å². The second-order valence-electron chi connectivity index (χ2n) is 4.11. The van der Waals surface area contributed by atoms with Crippen LogP contribution in [0.4, 0.5) is 4.39 Å². The molecule has 3 aromatic rings. The lowest BCUT2D eigenvalue weighted by Gasteiger charge is -2.02. The van der Waals surface area contributed by atoms with Crippen LogP contribution < -0.4 is 0 Å². The fraction of sp³-hybridized carbons (Fsp3) is 0.0714. The largest absolute Gasteiger partial charge is 0.392 e. The van der Waals surface area contributed by atoms with E-state index < -0.39 is 0 Å². The van der Waals surface area contributed by atoms with Gasteiger partial charge < -0.3 is 10.1 Å². The minimum atomic E-state index is -0.356. The molecule has 5 heteroatoms. The predicted molar refractivity (Wildman–Crippen MR) is 72.5 cm³/mol. The molecule has 0 bridgehead atoms. The maximum Gasteiger partial charge on any atom is 0.171 e. The Balaban J connectivity index is 1.94. The summed E-state index contributed by atoms with van der Waals surface area (Å²) in [5.41, 5.74) is 2.38. The van der Waals surface area contributed by atoms with Gasteiger partial charge in [0.25, 0.3) is 0 Å². The van der Waals surface area contributed by atoms with E-state index in [1.165, 1.54) is 23.9 Å². The first-order valence-corrected chi connectivity index (χ1v) is 6.59. The summed E-state index contributed by atoms with van der Waals surface area (Å²) < 4.78 is 13.4. The predicted octanol–water partition coefficient (Wildman–Crippen LogP) is 3.35. The van der Waals surface area contributed by atoms with E-state index in [9.17, 15) is 4.39 Å². The Labute approximate surface area is 113 Å². The minimum absolute atomic E-state index is 0.175. The SMILES string of the molecule is OCc1cc(F)cc(Sc2nc3ccccc3[nH]2)c1. The summed E-state index contributed by atoms with van der Waals surface area (Å²) in [6.07, 6.45) is 0. The molecule has 3 nitrogen and oxygen atoms in total. The maximum atomic E-state index is 13.4. The van der Waals surface area contributed by atoms with Crippen molar-refractivity contribution in [3.63, 3.8) is 0 Å². The van der Waals surface area contributed by atoms with Crippen LogP contribution in [0.25, 0.3) is 11.0 Å². The first-order chi connectivity index (χ1) is 9.24. The van der Waals surface area contributed by atoms with Crippen LogP contribution in [-0.2, 0) is 6.61 Å². The number of nitrogens with zero attached hydrogens (tertiary/aromatic N) is 1. The van der Waals surface area contributed by atoms with Crippen molar-refractivity contribution in [2.24, 2.45) is 0 Å². The lowest BCUT2D eigenvalue weighted by molar-refractivity contribution is 0.281. The molecule has 0 amide bonds. The number of H-pyrrole nitrogens is 1. The van der Waals surface area contributed by atoms with E-state index in [0.29, 0.717) is 15.6 Å². The first kappa shape index (κ1) is 12.2. The zero-order chi connectivity index (χ0) is 13.2. The van der Waals surface area contributed by atoms with Gasteiger partial charge >= 0.3 is 0 Å². The highest BCUT2D eigenvalue weighted by molar-refractivity contribution is 7.99. The zero-order valence-corrected chi connectivity index (χ0v) is 10.7. The monoisotopic (exact) mass is 274 g/mol. The molecule has 0 fully saturated rings. The highest BCUT2D eigenvalue weighted by Crippen LogP contribution is 2.28. The van der Waals surface area contributed by atoms with Gasteiger partial charge in [-0.3, -0.25) is 0 Å². The van der Waals surface area contributed by atoms with Gasteiger partial charge in [0.1, 0.15) is 5.82 Å². The Hall–Kier alpha value is -1.85. The van der Waals surface area contributed by atoms with Crippen molar-refractivity contribution in [2.45, 2.75) is 16.7 Å². The number of hydrogen-bond donors (Lipinski definition) is 2. The van der Waals surface area contributed by atoms with Gasteiger partial charge in [0.15, 0.2) is 5.16 Å². The third kappa shape index (κ3) is 2.62. The molecule has 2 aromatic carbocycles. The fourth-order valence-corrected chi connectivity index (χ4v) is 2.77. The highest BCUT2D eigenvalue weighted by Gasteiger charge is 2.06. The second kappa shape index (κ2) is 5.03. The number of benzene rings is 2. The first-order valence-electron chi connectivity index (χ1n) is 5.77. The molecule has 0 radical (unpaired) electrons. The molecule has 0 unspecified atom stereocenters. The Morgan fingerprint density at radius 1 is 1.21 bits per heavy atom. The number of halogens is 1. The fourth-order valence-electron chi connectivity index (χ4n) is 1.86. The number of aromatic nitrogens is 2. The Bertz CT molecular complexity index is 693. The van der Waals surface area contributed by atoms with Crippen molar-refractivity contribution < 1.29 is 9.50 Å². The summed E-state index contributed by atoms with van der Waals surface area (Å²) >= 11 is 1.34. The van der Waals surface area contributed by atoms with Crippen LogP contribution in [0, 0.1) is 5.82 Å². The Kier molecular flexibility index (Phi) is 3.23. The van der Waals surface area contributed by atoms with E-state index in [-0.39, 0.29) is 12.4 Å². The molecule has 1 aromatic heterocycles. The maximum absolute atomic E-state index is 13.4. The van der Waals surface area contributed by atoms with Crippen molar-refractivity contribution in [3.05, 3.63) is 53.8 Å². The molecule has 0 saturated carbocycles. The van der Waals surface area contributed by atoms with Crippen molar-refractivity contribution in [3.8, 4) is 0 Å². The number of nitrogens with one attached hydrogen (secondary N) is 1. The van der Waals surface area contributed by atoms with Gasteiger partial charge in [-0.05, 0) is 35.9 Å². The van der Waals surface area contributed by atoms with Gasteiger partial charge in [0.2, 0.25) is 0 Å². The molecule has 0 aliphatic rings. The number of aromatic amines is 1. The van der Waals surface area contributed by atoms with E-state index >= 15 is 0 Å². The lowest BCUT2D eigenvalue weighted by Crippen LogP contribution is -1.87. The summed E-state index contributed by atoms with van der Waals surface area (Å²) in [4.78, 5) is 8.29.